The van der Waals surface area contributed by atoms with Crippen LogP contribution in [0.1, 0.15) is 56.2 Å². The van der Waals surface area contributed by atoms with Crippen molar-refractivity contribution in [3.8, 4) is 0 Å². The Morgan fingerprint density at radius 2 is 2.25 bits per heavy atom. The predicted molar refractivity (Wildman–Crippen MR) is 80.4 cm³/mol. The third kappa shape index (κ3) is 4.29. The van der Waals surface area contributed by atoms with Gasteiger partial charge in [-0.1, -0.05) is 19.1 Å². The second kappa shape index (κ2) is 7.75. The van der Waals surface area contributed by atoms with Gasteiger partial charge in [0, 0.05) is 12.6 Å². The minimum Gasteiger partial charge on any atom is -0.378 e. The van der Waals surface area contributed by atoms with Gasteiger partial charge in [0.15, 0.2) is 0 Å². The molecule has 0 bridgehead atoms. The molecule has 0 saturated carbocycles. The fourth-order valence-corrected chi connectivity index (χ4v) is 2.80. The lowest BCUT2D eigenvalue weighted by atomic mass is 9.95. The summed E-state index contributed by atoms with van der Waals surface area (Å²) in [6.07, 6.45) is 5.99. The first-order valence-corrected chi connectivity index (χ1v) is 7.81. The van der Waals surface area contributed by atoms with Crippen LogP contribution in [-0.2, 0) is 4.74 Å². The molecular formula is C17H26FNO. The highest BCUT2D eigenvalue weighted by atomic mass is 19.1. The molecule has 3 heteroatoms. The van der Waals surface area contributed by atoms with Crippen LogP contribution in [0.5, 0.6) is 0 Å². The fraction of sp³-hybridized carbons (Fsp3) is 0.647. The summed E-state index contributed by atoms with van der Waals surface area (Å²) < 4.78 is 19.3. The average molecular weight is 279 g/mol. The third-order valence-corrected chi connectivity index (χ3v) is 4.00. The van der Waals surface area contributed by atoms with Crippen molar-refractivity contribution in [2.75, 3.05) is 13.2 Å². The van der Waals surface area contributed by atoms with E-state index >= 15 is 0 Å². The lowest BCUT2D eigenvalue weighted by Gasteiger charge is -2.28. The Balaban J connectivity index is 2.06. The second-order valence-electron chi connectivity index (χ2n) is 5.74. The topological polar surface area (TPSA) is 21.3 Å². The van der Waals surface area contributed by atoms with Gasteiger partial charge in [-0.3, -0.25) is 0 Å². The second-order valence-corrected chi connectivity index (χ2v) is 5.74. The van der Waals surface area contributed by atoms with Crippen molar-refractivity contribution in [1.82, 2.24) is 5.32 Å². The molecule has 1 heterocycles. The average Bonchev–Trinajstić information content (AvgIpc) is 2.47. The summed E-state index contributed by atoms with van der Waals surface area (Å²) in [5, 5.41) is 3.58. The zero-order valence-corrected chi connectivity index (χ0v) is 12.6. The number of ether oxygens (including phenoxy) is 1. The van der Waals surface area contributed by atoms with Gasteiger partial charge in [-0.2, -0.15) is 0 Å². The first-order valence-electron chi connectivity index (χ1n) is 7.81. The van der Waals surface area contributed by atoms with Gasteiger partial charge in [0.2, 0.25) is 0 Å². The van der Waals surface area contributed by atoms with E-state index in [9.17, 15) is 4.39 Å². The van der Waals surface area contributed by atoms with Crippen molar-refractivity contribution in [1.29, 1.82) is 0 Å². The number of hydrogen-bond donors (Lipinski definition) is 1. The van der Waals surface area contributed by atoms with Crippen molar-refractivity contribution in [2.24, 2.45) is 0 Å². The van der Waals surface area contributed by atoms with E-state index in [1.54, 1.807) is 6.07 Å². The van der Waals surface area contributed by atoms with Crippen LogP contribution in [0.15, 0.2) is 18.2 Å². The Hall–Kier alpha value is -0.930. The maximum absolute atomic E-state index is 13.4. The highest BCUT2D eigenvalue weighted by Crippen LogP contribution is 2.26. The Bertz CT molecular complexity index is 415. The molecule has 2 atom stereocenters. The molecule has 1 fully saturated rings. The van der Waals surface area contributed by atoms with Gasteiger partial charge in [-0.05, 0) is 62.8 Å². The Morgan fingerprint density at radius 1 is 1.40 bits per heavy atom. The maximum Gasteiger partial charge on any atom is 0.126 e. The lowest BCUT2D eigenvalue weighted by molar-refractivity contribution is 0.00504. The van der Waals surface area contributed by atoms with Gasteiger partial charge in [0.25, 0.3) is 0 Å². The number of benzene rings is 1. The van der Waals surface area contributed by atoms with Crippen LogP contribution < -0.4 is 5.32 Å². The van der Waals surface area contributed by atoms with Crippen LogP contribution in [-0.4, -0.2) is 19.3 Å². The summed E-state index contributed by atoms with van der Waals surface area (Å²) in [7, 11) is 0. The molecule has 0 aliphatic carbocycles. The Morgan fingerprint density at radius 3 is 2.90 bits per heavy atom. The van der Waals surface area contributed by atoms with E-state index in [4.69, 9.17) is 4.74 Å². The highest BCUT2D eigenvalue weighted by Gasteiger charge is 2.20. The molecule has 1 saturated heterocycles. The smallest absolute Gasteiger partial charge is 0.126 e. The molecule has 2 unspecified atom stereocenters. The van der Waals surface area contributed by atoms with E-state index < -0.39 is 0 Å². The highest BCUT2D eigenvalue weighted by molar-refractivity contribution is 5.26. The first kappa shape index (κ1) is 15.5. The molecule has 0 spiro atoms. The van der Waals surface area contributed by atoms with Gasteiger partial charge in [-0.15, -0.1) is 0 Å². The van der Waals surface area contributed by atoms with Gasteiger partial charge >= 0.3 is 0 Å². The van der Waals surface area contributed by atoms with Crippen LogP contribution in [0.2, 0.25) is 0 Å². The molecular weight excluding hydrogens is 253 g/mol. The summed E-state index contributed by atoms with van der Waals surface area (Å²) in [5.41, 5.74) is 1.89. The summed E-state index contributed by atoms with van der Waals surface area (Å²) in [6, 6.07) is 5.70. The SMILES string of the molecule is CCCNC(CC1CCCCO1)c1ccc(F)c(C)c1. The van der Waals surface area contributed by atoms with Crippen LogP contribution in [0.25, 0.3) is 0 Å². The number of rotatable bonds is 6. The fourth-order valence-electron chi connectivity index (χ4n) is 2.80. The van der Waals surface area contributed by atoms with E-state index in [0.29, 0.717) is 6.10 Å². The molecule has 112 valence electrons. The largest absolute Gasteiger partial charge is 0.378 e. The molecule has 2 rings (SSSR count). The van der Waals surface area contributed by atoms with E-state index in [1.165, 1.54) is 18.4 Å². The number of nitrogens with one attached hydrogen (secondary N) is 1. The van der Waals surface area contributed by atoms with Crippen molar-refractivity contribution >= 4 is 0 Å². The third-order valence-electron chi connectivity index (χ3n) is 4.00. The van der Waals surface area contributed by atoms with Crippen molar-refractivity contribution in [3.63, 3.8) is 0 Å². The normalized spacial score (nSPS) is 20.9. The van der Waals surface area contributed by atoms with Crippen molar-refractivity contribution in [2.45, 2.75) is 58.1 Å². The molecule has 2 nitrogen and oxygen atoms in total. The lowest BCUT2D eigenvalue weighted by Crippen LogP contribution is -2.29. The minimum atomic E-state index is -0.128. The van der Waals surface area contributed by atoms with Crippen molar-refractivity contribution in [3.05, 3.63) is 35.1 Å². The van der Waals surface area contributed by atoms with E-state index in [0.717, 1.165) is 38.0 Å². The first-order chi connectivity index (χ1) is 9.70. The minimum absolute atomic E-state index is 0.128. The van der Waals surface area contributed by atoms with Crippen molar-refractivity contribution < 1.29 is 9.13 Å². The summed E-state index contributed by atoms with van der Waals surface area (Å²) in [5.74, 6) is -0.128. The standard InChI is InChI=1S/C17H26FNO/c1-3-9-19-17(12-15-6-4-5-10-20-15)14-7-8-16(18)13(2)11-14/h7-8,11,15,17,19H,3-6,9-10,12H2,1-2H3. The van der Waals surface area contributed by atoms with Crippen LogP contribution in [0, 0.1) is 12.7 Å². The summed E-state index contributed by atoms with van der Waals surface area (Å²) in [4.78, 5) is 0. The van der Waals surface area contributed by atoms with E-state index in [2.05, 4.69) is 12.2 Å². The molecule has 20 heavy (non-hydrogen) atoms. The quantitative estimate of drug-likeness (QED) is 0.845. The molecule has 0 amide bonds. The number of hydrogen-bond acceptors (Lipinski definition) is 2. The number of halogens is 1. The number of aryl methyl sites for hydroxylation is 1. The molecule has 0 radical (unpaired) electrons. The van der Waals surface area contributed by atoms with E-state index in [-0.39, 0.29) is 11.9 Å². The van der Waals surface area contributed by atoms with Crippen LogP contribution in [0.4, 0.5) is 4.39 Å². The molecule has 1 N–H and O–H groups in total. The van der Waals surface area contributed by atoms with Gasteiger partial charge < -0.3 is 10.1 Å². The maximum atomic E-state index is 13.4. The van der Waals surface area contributed by atoms with E-state index in [1.807, 2.05) is 19.1 Å². The summed E-state index contributed by atoms with van der Waals surface area (Å²) >= 11 is 0. The predicted octanol–water partition coefficient (Wildman–Crippen LogP) is 4.13. The monoisotopic (exact) mass is 279 g/mol. The molecule has 1 aromatic rings. The molecule has 1 aliphatic rings. The molecule has 1 aliphatic heterocycles. The zero-order chi connectivity index (χ0) is 14.4. The zero-order valence-electron chi connectivity index (χ0n) is 12.6. The molecule has 0 aromatic heterocycles. The Labute approximate surface area is 121 Å². The van der Waals surface area contributed by atoms with Crippen LogP contribution >= 0.6 is 0 Å². The van der Waals surface area contributed by atoms with Gasteiger partial charge in [-0.25, -0.2) is 4.39 Å². The van der Waals surface area contributed by atoms with Crippen LogP contribution in [0.3, 0.4) is 0 Å². The van der Waals surface area contributed by atoms with Gasteiger partial charge in [0.1, 0.15) is 5.82 Å². The van der Waals surface area contributed by atoms with Gasteiger partial charge in [0.05, 0.1) is 6.10 Å². The Kier molecular flexibility index (Phi) is 5.99. The summed E-state index contributed by atoms with van der Waals surface area (Å²) in [6.45, 7) is 5.85. The molecule has 1 aromatic carbocycles.